The molecule has 0 spiro atoms. The molecule has 1 heterocycles. The summed E-state index contributed by atoms with van der Waals surface area (Å²) < 4.78 is 11.0. The summed E-state index contributed by atoms with van der Waals surface area (Å²) in [5.41, 5.74) is 10.9. The zero-order valence-electron chi connectivity index (χ0n) is 70.6. The molecule has 6 aromatic rings. The Labute approximate surface area is 665 Å². The molecule has 0 amide bonds. The third-order valence-electron chi connectivity index (χ3n) is 26.8. The Kier molecular flexibility index (Phi) is 39.2. The minimum atomic E-state index is -0.291. The second-order valence-electron chi connectivity index (χ2n) is 35.7. The summed E-state index contributed by atoms with van der Waals surface area (Å²) in [6.07, 6.45) is 59.4. The maximum atomic E-state index is 12.3. The molecule has 7 nitrogen and oxygen atoms in total. The summed E-state index contributed by atoms with van der Waals surface area (Å²) in [6, 6.07) is 43.4. The van der Waals surface area contributed by atoms with Gasteiger partial charge in [0.05, 0.1) is 23.0 Å². The highest BCUT2D eigenvalue weighted by atomic mass is 16.5. The molecule has 0 N–H and O–H groups in total. The third-order valence-corrected chi connectivity index (χ3v) is 26.8. The molecular weight excluding hydrogens is 1330 g/mol. The van der Waals surface area contributed by atoms with E-state index in [0.29, 0.717) is 28.9 Å². The quantitative estimate of drug-likeness (QED) is 0.0288. The van der Waals surface area contributed by atoms with Crippen molar-refractivity contribution in [3.63, 3.8) is 0 Å². The van der Waals surface area contributed by atoms with Crippen LogP contribution in [0.25, 0.3) is 11.4 Å². The van der Waals surface area contributed by atoms with Gasteiger partial charge in [-0.1, -0.05) is 290 Å². The number of rotatable bonds is 27. The van der Waals surface area contributed by atoms with E-state index < -0.39 is 0 Å². The number of unbranched alkanes of at least 4 members (excludes halogenated alkanes) is 6. The van der Waals surface area contributed by atoms with Crippen molar-refractivity contribution in [2.24, 2.45) is 64.6 Å². The van der Waals surface area contributed by atoms with Crippen molar-refractivity contribution >= 4 is 11.9 Å². The van der Waals surface area contributed by atoms with Crippen LogP contribution in [-0.2, 0) is 11.2 Å². The number of esters is 2. The van der Waals surface area contributed by atoms with Crippen molar-refractivity contribution in [1.82, 2.24) is 9.97 Å². The molecule has 7 heteroatoms. The standard InChI is InChI=1S/C24H30O2.C20H26N2.C20H32.C19H33N.C19H28O2/c1-4-5-19-8-13-22(16-18(19)3)20-9-11-21(12-10-20)24(25)26-23-14-6-17(2)7-15-23;1-3-4-16-7-11-17(12-8-16)19-13-21-20(22-14-19)18-9-5-15(2)6-10-18;1-3-4-5-6-18-11-13-20(14-12-18)16-15-19-9-7-17(2)8-10-19;1-3-4-5-6-16-7-9-17(10-8-16)18-11-13-19(2,15-20)14-12-18;1-3-4-5-6-16-9-11-17(12-10-16)19(20)21-18-13-7-15(2)8-14-18/h6-7,9-12,14-15,18-19,22H,4-5,8,13,16H2,1-3H3;5-6,9-10,13-14,16-17H,3-4,7-8,11-12H2,1-2H3;7-10,18,20H,3-6,11-16H2,1-2H3;16-18H,3-14H2,1-2H3;7-8,13-14,16-17H,3-6,9-12H2,1-2H3. The predicted octanol–water partition coefficient (Wildman–Crippen LogP) is 29.8. The molecule has 0 saturated heterocycles. The van der Waals surface area contributed by atoms with Crippen molar-refractivity contribution < 1.29 is 19.1 Å². The van der Waals surface area contributed by atoms with Gasteiger partial charge in [-0.15, -0.1) is 0 Å². The van der Waals surface area contributed by atoms with E-state index in [1.54, 1.807) is 0 Å². The smallest absolute Gasteiger partial charge is 0.343 e. The van der Waals surface area contributed by atoms with Gasteiger partial charge in [-0.05, 0) is 275 Å². The lowest BCUT2D eigenvalue weighted by atomic mass is 9.65. The first-order chi connectivity index (χ1) is 52.9. The van der Waals surface area contributed by atoms with E-state index in [9.17, 15) is 14.9 Å². The Bertz CT molecular complexity index is 3460. The summed E-state index contributed by atoms with van der Waals surface area (Å²) in [6.45, 7) is 24.3. The number of nitrogens with zero attached hydrogens (tertiary/aromatic N) is 3. The summed E-state index contributed by atoms with van der Waals surface area (Å²) in [7, 11) is 0. The number of carbonyl (C=O) groups is 2. The van der Waals surface area contributed by atoms with Crippen molar-refractivity contribution in [3.8, 4) is 29.0 Å². The third kappa shape index (κ3) is 31.3. The van der Waals surface area contributed by atoms with E-state index in [4.69, 9.17) is 9.47 Å². The largest absolute Gasteiger partial charge is 0.426 e. The minimum Gasteiger partial charge on any atom is -0.426 e. The second-order valence-corrected chi connectivity index (χ2v) is 35.7. The molecule has 0 radical (unpaired) electrons. The molecular formula is C102H149N3O4. The van der Waals surface area contributed by atoms with Gasteiger partial charge >= 0.3 is 11.9 Å². The molecule has 12 rings (SSSR count). The maximum Gasteiger partial charge on any atom is 0.343 e. The van der Waals surface area contributed by atoms with Gasteiger partial charge < -0.3 is 9.47 Å². The lowest BCUT2D eigenvalue weighted by Crippen LogP contribution is -2.29. The minimum absolute atomic E-state index is 0.00610. The molecule has 109 heavy (non-hydrogen) atoms. The summed E-state index contributed by atoms with van der Waals surface area (Å²) in [4.78, 5) is 33.7. The fourth-order valence-electron chi connectivity index (χ4n) is 19.1. The molecule has 596 valence electrons. The Balaban J connectivity index is 0.000000172. The first-order valence-electron chi connectivity index (χ1n) is 45.0. The molecule has 6 aliphatic rings. The zero-order chi connectivity index (χ0) is 77.6. The summed E-state index contributed by atoms with van der Waals surface area (Å²) in [5, 5.41) is 9.23. The van der Waals surface area contributed by atoms with Gasteiger partial charge in [-0.3, -0.25) is 4.79 Å². The molecule has 0 aliphatic heterocycles. The zero-order valence-corrected chi connectivity index (χ0v) is 70.6. The van der Waals surface area contributed by atoms with Crippen LogP contribution in [0.4, 0.5) is 0 Å². The number of nitriles is 1. The van der Waals surface area contributed by atoms with Gasteiger partial charge in [0.1, 0.15) is 11.5 Å². The Morgan fingerprint density at radius 1 is 0.431 bits per heavy atom. The van der Waals surface area contributed by atoms with Crippen LogP contribution in [0.3, 0.4) is 0 Å². The molecule has 3 atom stereocenters. The van der Waals surface area contributed by atoms with Crippen molar-refractivity contribution in [1.29, 1.82) is 5.26 Å². The number of ether oxygens (including phenoxy) is 2. The van der Waals surface area contributed by atoms with Crippen LogP contribution < -0.4 is 9.47 Å². The molecule has 0 bridgehead atoms. The number of carbonyl (C=O) groups excluding carboxylic acids is 2. The number of aromatic nitrogens is 2. The molecule has 6 saturated carbocycles. The van der Waals surface area contributed by atoms with Gasteiger partial charge in [0.15, 0.2) is 5.82 Å². The summed E-state index contributed by atoms with van der Waals surface area (Å²) >= 11 is 0. The van der Waals surface area contributed by atoms with Crippen LogP contribution in [0.5, 0.6) is 11.5 Å². The first-order valence-corrected chi connectivity index (χ1v) is 45.0. The van der Waals surface area contributed by atoms with E-state index in [0.717, 1.165) is 95.9 Å². The van der Waals surface area contributed by atoms with Gasteiger partial charge in [0.2, 0.25) is 0 Å². The second kappa shape index (κ2) is 48.5. The van der Waals surface area contributed by atoms with Crippen LogP contribution in [0, 0.1) is 104 Å². The van der Waals surface area contributed by atoms with Crippen LogP contribution in [0.15, 0.2) is 134 Å². The Morgan fingerprint density at radius 2 is 0.853 bits per heavy atom. The highest BCUT2D eigenvalue weighted by Crippen LogP contribution is 2.47. The maximum absolute atomic E-state index is 12.3. The first kappa shape index (κ1) is 88.2. The van der Waals surface area contributed by atoms with E-state index in [1.165, 1.54) is 271 Å². The SMILES string of the molecule is CCCC1CCC(c2ccc(C(=O)Oc3ccc(C)cc3)cc2)CC1C.CCCC1CCC(c2cnc(-c3ccc(C)cc3)nc2)CC1.CCCCCC1CCC(C(=O)Oc2ccc(C)cc2)CC1.CCCCCC1CCC(C2CCC(C)(C#N)CC2)CC1.CCCCCC1CCC(CCc2ccc(C)cc2)CC1. The predicted molar refractivity (Wildman–Crippen MR) is 459 cm³/mol. The van der Waals surface area contributed by atoms with E-state index in [-0.39, 0.29) is 23.3 Å². The lowest BCUT2D eigenvalue weighted by Gasteiger charge is -2.39. The van der Waals surface area contributed by atoms with Crippen LogP contribution in [-0.4, -0.2) is 21.9 Å². The highest BCUT2D eigenvalue weighted by molar-refractivity contribution is 5.91. The van der Waals surface area contributed by atoms with Crippen LogP contribution >= 0.6 is 0 Å². The van der Waals surface area contributed by atoms with Gasteiger partial charge in [0, 0.05) is 18.0 Å². The molecule has 6 fully saturated rings. The molecule has 5 aromatic carbocycles. The highest BCUT2D eigenvalue weighted by Gasteiger charge is 2.36. The number of aryl methyl sites for hydroxylation is 5. The molecule has 3 unspecified atom stereocenters. The Hall–Kier alpha value is -6.39. The average Bonchev–Trinajstić information content (AvgIpc) is 0.822. The fourth-order valence-corrected chi connectivity index (χ4v) is 19.1. The van der Waals surface area contributed by atoms with Gasteiger partial charge in [-0.25, -0.2) is 14.8 Å². The topological polar surface area (TPSA) is 102 Å². The lowest BCUT2D eigenvalue weighted by molar-refractivity contribution is -0.140. The van der Waals surface area contributed by atoms with Crippen LogP contribution in [0.1, 0.15) is 366 Å². The van der Waals surface area contributed by atoms with Crippen molar-refractivity contribution in [3.05, 3.63) is 178 Å². The van der Waals surface area contributed by atoms with Crippen LogP contribution in [0.2, 0.25) is 0 Å². The number of hydrogen-bond acceptors (Lipinski definition) is 7. The van der Waals surface area contributed by atoms with Gasteiger partial charge in [-0.2, -0.15) is 5.26 Å². The van der Waals surface area contributed by atoms with Crippen molar-refractivity contribution in [2.45, 2.75) is 351 Å². The molecule has 1 aromatic heterocycles. The monoisotopic (exact) mass is 1480 g/mol. The Morgan fingerprint density at radius 3 is 1.33 bits per heavy atom. The normalized spacial score (nSPS) is 25.3. The van der Waals surface area contributed by atoms with Gasteiger partial charge in [0.25, 0.3) is 0 Å². The fraction of sp³-hybridized carbons (Fsp3) is 0.637. The van der Waals surface area contributed by atoms with Crippen molar-refractivity contribution in [2.75, 3.05) is 0 Å². The summed E-state index contributed by atoms with van der Waals surface area (Å²) in [5.74, 6) is 11.6. The van der Waals surface area contributed by atoms with E-state index in [2.05, 4.69) is 139 Å². The number of benzene rings is 5. The molecule has 6 aliphatic carbocycles. The van der Waals surface area contributed by atoms with E-state index >= 15 is 0 Å². The number of hydrogen-bond donors (Lipinski definition) is 0. The van der Waals surface area contributed by atoms with E-state index in [1.807, 2.05) is 86.9 Å². The average molecular weight is 1480 g/mol.